The number of aliphatic hydroxyl groups excluding tert-OH is 2. The molecule has 1 fully saturated rings. The third-order valence-electron chi connectivity index (χ3n) is 7.98. The van der Waals surface area contributed by atoms with Crippen molar-refractivity contribution in [2.75, 3.05) is 19.4 Å². The number of nitrogens with zero attached hydrogens (tertiary/aromatic N) is 1. The Morgan fingerprint density at radius 2 is 1.85 bits per heavy atom. The van der Waals surface area contributed by atoms with Gasteiger partial charge in [-0.05, 0) is 57.8 Å². The zero-order valence-electron chi connectivity index (χ0n) is 21.7. The summed E-state index contributed by atoms with van der Waals surface area (Å²) in [4.78, 5) is 53.1. The van der Waals surface area contributed by atoms with Crippen LogP contribution in [0.5, 0.6) is 5.75 Å². The Labute approximate surface area is 243 Å². The number of phenolic OH excluding ortho intramolecular Hbond substituents is 1. The molecule has 1 saturated carbocycles. The minimum absolute atomic E-state index is 0. The van der Waals surface area contributed by atoms with Gasteiger partial charge in [0.1, 0.15) is 27.2 Å². The number of aromatic hydroxyl groups is 1. The van der Waals surface area contributed by atoms with Crippen LogP contribution in [0.4, 0.5) is 5.69 Å². The largest absolute Gasteiger partial charge is 0.508 e. The van der Waals surface area contributed by atoms with E-state index in [2.05, 4.69) is 21.2 Å². The Kier molecular flexibility index (Phi) is 8.17. The van der Waals surface area contributed by atoms with Gasteiger partial charge < -0.3 is 31.5 Å². The first kappa shape index (κ1) is 30.8. The lowest BCUT2D eigenvalue weighted by Gasteiger charge is -2.50. The van der Waals surface area contributed by atoms with E-state index < -0.39 is 74.0 Å². The topological polar surface area (TPSA) is 190 Å². The molecule has 0 saturated heterocycles. The van der Waals surface area contributed by atoms with Gasteiger partial charge in [0.25, 0.3) is 5.91 Å². The number of rotatable bonds is 5. The molecule has 7 N–H and O–H groups in total. The number of hydrogen-bond donors (Lipinski definition) is 6. The van der Waals surface area contributed by atoms with E-state index in [-0.39, 0.29) is 46.6 Å². The summed E-state index contributed by atoms with van der Waals surface area (Å²) in [6.45, 7) is 3.47. The monoisotopic (exact) mass is 671 g/mol. The Hall–Kier alpha value is -2.74. The maximum absolute atomic E-state index is 13.8. The van der Waals surface area contributed by atoms with Crippen LogP contribution in [0.25, 0.3) is 5.76 Å². The second-order valence-electron chi connectivity index (χ2n) is 10.5. The molecule has 1 aromatic rings. The van der Waals surface area contributed by atoms with Crippen LogP contribution in [-0.2, 0) is 25.6 Å². The van der Waals surface area contributed by atoms with Crippen LogP contribution < -0.4 is 11.1 Å². The van der Waals surface area contributed by atoms with Gasteiger partial charge in [0, 0.05) is 11.5 Å². The van der Waals surface area contributed by atoms with Crippen molar-refractivity contribution in [3.8, 4) is 5.75 Å². The standard InChI is InChI=1S/C26H30BrN3O8.BrH/c1-5-25(2,27)24(37)29-13-7-6-10-8-11-9-12-17(30(3)4)20(33)16(23(28)36)22(35)26(12,38)21(34)15(11)19(32)14(10)18(13)31;/h6-7,11-12,17,31-32,35,38H,5,8-9H2,1-4H3,(H2,28,36)(H,29,37);1H/t11?,12?,17-,25?,26-;/m0./s1. The first-order chi connectivity index (χ1) is 17.6. The number of carbonyl (C=O) groups excluding carboxylic acids is 4. The van der Waals surface area contributed by atoms with Gasteiger partial charge in [-0.1, -0.05) is 28.9 Å². The van der Waals surface area contributed by atoms with E-state index in [0.29, 0.717) is 12.0 Å². The number of halogens is 2. The summed E-state index contributed by atoms with van der Waals surface area (Å²) in [5.41, 5.74) is 1.90. The van der Waals surface area contributed by atoms with Gasteiger partial charge in [0.2, 0.25) is 11.7 Å². The number of aliphatic hydroxyl groups is 3. The van der Waals surface area contributed by atoms with Crippen LogP contribution in [-0.4, -0.2) is 78.8 Å². The SMILES string of the molecule is Br.CCC(C)(Br)C(=O)Nc1ccc2c(c1O)C(O)=C1C(=O)[C@]3(O)C(O)=C(C(N)=O)C(=O)[C@@H](N(C)C)C3CC1C2. The molecule has 0 radical (unpaired) electrons. The molecule has 3 unspecified atom stereocenters. The van der Waals surface area contributed by atoms with Crippen LogP contribution in [0.15, 0.2) is 29.0 Å². The molecule has 39 heavy (non-hydrogen) atoms. The van der Waals surface area contributed by atoms with Crippen LogP contribution in [0.1, 0.15) is 37.8 Å². The highest BCUT2D eigenvalue weighted by Gasteiger charge is 2.64. The molecule has 0 heterocycles. The lowest BCUT2D eigenvalue weighted by Crippen LogP contribution is -2.65. The van der Waals surface area contributed by atoms with Crippen molar-refractivity contribution < 1.29 is 39.6 Å². The van der Waals surface area contributed by atoms with E-state index in [1.54, 1.807) is 19.9 Å². The predicted octanol–water partition coefficient (Wildman–Crippen LogP) is 2.04. The molecule has 0 aromatic heterocycles. The fraction of sp³-hybridized carbons (Fsp3) is 0.462. The highest BCUT2D eigenvalue weighted by Crippen LogP contribution is 2.53. The van der Waals surface area contributed by atoms with Crippen LogP contribution in [0, 0.1) is 11.8 Å². The molecule has 2 amide bonds. The first-order valence-corrected chi connectivity index (χ1v) is 12.9. The average molecular weight is 673 g/mol. The number of Topliss-reactive ketones (excluding diaryl/α,β-unsaturated/α-hetero) is 2. The Morgan fingerprint density at radius 1 is 1.23 bits per heavy atom. The molecular weight excluding hydrogens is 642 g/mol. The number of amides is 2. The molecule has 11 nitrogen and oxygen atoms in total. The number of ketones is 2. The number of primary amides is 1. The van der Waals surface area contributed by atoms with Crippen molar-refractivity contribution >= 4 is 67.7 Å². The lowest BCUT2D eigenvalue weighted by atomic mass is 9.57. The smallest absolute Gasteiger partial charge is 0.255 e. The quantitative estimate of drug-likeness (QED) is 0.154. The summed E-state index contributed by atoms with van der Waals surface area (Å²) < 4.78 is -0.915. The average Bonchev–Trinajstić information content (AvgIpc) is 2.82. The van der Waals surface area contributed by atoms with Crippen molar-refractivity contribution in [3.63, 3.8) is 0 Å². The number of carbonyl (C=O) groups is 4. The lowest BCUT2D eigenvalue weighted by molar-refractivity contribution is -0.153. The van der Waals surface area contributed by atoms with Gasteiger partial charge in [-0.2, -0.15) is 0 Å². The molecule has 13 heteroatoms. The van der Waals surface area contributed by atoms with Gasteiger partial charge in [0.15, 0.2) is 11.4 Å². The number of hydrogen-bond acceptors (Lipinski definition) is 9. The molecule has 0 aliphatic heterocycles. The number of likely N-dealkylation sites (N-methyl/N-ethyl adjacent to an activating group) is 1. The summed E-state index contributed by atoms with van der Waals surface area (Å²) >= 11 is 3.33. The van der Waals surface area contributed by atoms with E-state index in [0.717, 1.165) is 0 Å². The number of anilines is 1. The Bertz CT molecular complexity index is 1350. The minimum atomic E-state index is -2.70. The van der Waals surface area contributed by atoms with Crippen LogP contribution in [0.3, 0.4) is 0 Å². The molecule has 0 spiro atoms. The summed E-state index contributed by atoms with van der Waals surface area (Å²) in [5.74, 6) is -7.66. The molecule has 0 bridgehead atoms. The van der Waals surface area contributed by atoms with Crippen molar-refractivity contribution in [3.05, 3.63) is 40.2 Å². The zero-order valence-corrected chi connectivity index (χ0v) is 25.0. The number of phenols is 1. The zero-order chi connectivity index (χ0) is 28.5. The molecule has 1 aromatic carbocycles. The maximum Gasteiger partial charge on any atom is 0.255 e. The van der Waals surface area contributed by atoms with E-state index in [1.165, 1.54) is 25.1 Å². The van der Waals surface area contributed by atoms with E-state index >= 15 is 0 Å². The number of benzene rings is 1. The Balaban J connectivity index is 0.00000420. The summed E-state index contributed by atoms with van der Waals surface area (Å²) in [6, 6.07) is 1.96. The van der Waals surface area contributed by atoms with Gasteiger partial charge in [-0.25, -0.2) is 0 Å². The van der Waals surface area contributed by atoms with Gasteiger partial charge >= 0.3 is 0 Å². The van der Waals surface area contributed by atoms with Crippen molar-refractivity contribution in [2.24, 2.45) is 17.6 Å². The molecule has 3 aliphatic carbocycles. The molecule has 3 aliphatic rings. The fourth-order valence-electron chi connectivity index (χ4n) is 5.73. The maximum atomic E-state index is 13.8. The van der Waals surface area contributed by atoms with E-state index in [4.69, 9.17) is 5.73 Å². The molecule has 4 rings (SSSR count). The highest BCUT2D eigenvalue weighted by atomic mass is 79.9. The van der Waals surface area contributed by atoms with E-state index in [9.17, 15) is 39.6 Å². The fourth-order valence-corrected chi connectivity index (χ4v) is 5.83. The number of nitrogens with one attached hydrogen (secondary N) is 1. The van der Waals surface area contributed by atoms with Gasteiger partial charge in [0.05, 0.1) is 17.3 Å². The predicted molar refractivity (Wildman–Crippen MR) is 151 cm³/mol. The third-order valence-corrected chi connectivity index (χ3v) is 8.90. The van der Waals surface area contributed by atoms with Crippen molar-refractivity contribution in [1.82, 2.24) is 4.90 Å². The van der Waals surface area contributed by atoms with Crippen LogP contribution >= 0.6 is 32.9 Å². The molecule has 212 valence electrons. The summed E-state index contributed by atoms with van der Waals surface area (Å²) in [5, 5.41) is 47.4. The highest BCUT2D eigenvalue weighted by molar-refractivity contribution is 9.10. The number of fused-ring (bicyclic) bond motifs is 3. The summed E-state index contributed by atoms with van der Waals surface area (Å²) in [6.07, 6.45) is 0.626. The van der Waals surface area contributed by atoms with Crippen molar-refractivity contribution in [2.45, 2.75) is 49.1 Å². The second kappa shape index (κ2) is 10.3. The van der Waals surface area contributed by atoms with Crippen LogP contribution in [0.2, 0.25) is 0 Å². The first-order valence-electron chi connectivity index (χ1n) is 12.1. The number of nitrogens with two attached hydrogens (primary N) is 1. The Morgan fingerprint density at radius 3 is 2.38 bits per heavy atom. The van der Waals surface area contributed by atoms with Gasteiger partial charge in [-0.3, -0.25) is 24.1 Å². The molecule has 5 atom stereocenters. The number of alkyl halides is 1. The second-order valence-corrected chi connectivity index (χ2v) is 12.2. The molecular formula is C26H31Br2N3O8. The van der Waals surface area contributed by atoms with Gasteiger partial charge in [-0.15, -0.1) is 17.0 Å². The third kappa shape index (κ3) is 4.48. The normalized spacial score (nSPS) is 27.7. The summed E-state index contributed by atoms with van der Waals surface area (Å²) in [7, 11) is 3.08. The van der Waals surface area contributed by atoms with Crippen molar-refractivity contribution in [1.29, 1.82) is 0 Å². The minimum Gasteiger partial charge on any atom is -0.508 e. The van der Waals surface area contributed by atoms with E-state index in [1.807, 2.05) is 0 Å².